The van der Waals surface area contributed by atoms with Gasteiger partial charge in [-0.3, -0.25) is 4.90 Å². The molecule has 1 saturated carbocycles. The normalized spacial score (nSPS) is 27.0. The van der Waals surface area contributed by atoms with Crippen molar-refractivity contribution in [1.82, 2.24) is 4.90 Å². The summed E-state index contributed by atoms with van der Waals surface area (Å²) in [6.07, 6.45) is 4.97. The molecular weight excluding hydrogens is 208 g/mol. The van der Waals surface area contributed by atoms with Crippen LogP contribution in [0.3, 0.4) is 0 Å². The Morgan fingerprint density at radius 3 is 2.76 bits per heavy atom. The smallest absolute Gasteiger partial charge is 0.0273 e. The lowest BCUT2D eigenvalue weighted by molar-refractivity contribution is 0.312. The van der Waals surface area contributed by atoms with Gasteiger partial charge in [-0.05, 0) is 23.8 Å². The number of nitrogens with zero attached hydrogens (tertiary/aromatic N) is 2. The summed E-state index contributed by atoms with van der Waals surface area (Å²) in [5.41, 5.74) is 2.02. The molecule has 2 fully saturated rings. The average Bonchev–Trinajstić information content (AvgIpc) is 3.02. The third kappa shape index (κ3) is 2.14. The van der Waals surface area contributed by atoms with Crippen molar-refractivity contribution in [3.8, 4) is 0 Å². The molecule has 3 rings (SSSR count). The summed E-state index contributed by atoms with van der Waals surface area (Å²) in [7, 11) is 1.90. The Hall–Kier alpha value is -1.15. The molecule has 2 nitrogen and oxygen atoms in total. The van der Waals surface area contributed by atoms with Gasteiger partial charge in [0.15, 0.2) is 0 Å². The first-order chi connectivity index (χ1) is 8.32. The van der Waals surface area contributed by atoms with Crippen LogP contribution >= 0.6 is 0 Å². The van der Waals surface area contributed by atoms with E-state index >= 15 is 0 Å². The molecule has 0 aromatic heterocycles. The molecule has 1 saturated heterocycles. The quantitative estimate of drug-likeness (QED) is 0.726. The van der Waals surface area contributed by atoms with E-state index in [4.69, 9.17) is 0 Å². The highest BCUT2D eigenvalue weighted by atomic mass is 15.2. The maximum atomic E-state index is 4.24. The fourth-order valence-electron chi connectivity index (χ4n) is 3.14. The molecule has 17 heavy (non-hydrogen) atoms. The summed E-state index contributed by atoms with van der Waals surface area (Å²) in [4.78, 5) is 6.84. The summed E-state index contributed by atoms with van der Waals surface area (Å²) < 4.78 is 0. The number of benzene rings is 1. The van der Waals surface area contributed by atoms with Crippen LogP contribution in [0.2, 0.25) is 0 Å². The van der Waals surface area contributed by atoms with Crippen LogP contribution < -0.4 is 0 Å². The molecule has 1 spiro atoms. The Balaban J connectivity index is 1.67. The first-order valence-electron chi connectivity index (χ1n) is 6.51. The van der Waals surface area contributed by atoms with Crippen molar-refractivity contribution in [3.63, 3.8) is 0 Å². The molecule has 1 heterocycles. The molecule has 0 bridgehead atoms. The van der Waals surface area contributed by atoms with Crippen molar-refractivity contribution in [1.29, 1.82) is 0 Å². The van der Waals surface area contributed by atoms with E-state index in [0.717, 1.165) is 6.54 Å². The Kier molecular flexibility index (Phi) is 2.75. The molecule has 1 atom stereocenters. The molecule has 1 aliphatic heterocycles. The predicted octanol–water partition coefficient (Wildman–Crippen LogP) is 2.60. The highest BCUT2D eigenvalue weighted by Crippen LogP contribution is 2.55. The number of likely N-dealkylation sites (tertiary alicyclic amines) is 1. The topological polar surface area (TPSA) is 15.6 Å². The second-order valence-electron chi connectivity index (χ2n) is 5.53. The molecule has 1 unspecified atom stereocenters. The van der Waals surface area contributed by atoms with E-state index in [1.165, 1.54) is 31.5 Å². The maximum absolute atomic E-state index is 4.24. The fourth-order valence-corrected chi connectivity index (χ4v) is 3.14. The minimum atomic E-state index is 0.592. The fraction of sp³-hybridized carbons (Fsp3) is 0.533. The summed E-state index contributed by atoms with van der Waals surface area (Å²) in [6, 6.07) is 10.8. The lowest BCUT2D eigenvalue weighted by atomic mass is 9.94. The van der Waals surface area contributed by atoms with Gasteiger partial charge in [0.25, 0.3) is 0 Å². The number of hydrogen-bond donors (Lipinski definition) is 0. The third-order valence-corrected chi connectivity index (χ3v) is 4.25. The van der Waals surface area contributed by atoms with Gasteiger partial charge in [0.05, 0.1) is 0 Å². The van der Waals surface area contributed by atoms with Gasteiger partial charge in [-0.25, -0.2) is 0 Å². The van der Waals surface area contributed by atoms with Crippen LogP contribution in [0, 0.1) is 11.3 Å². The molecule has 2 heteroatoms. The van der Waals surface area contributed by atoms with Crippen LogP contribution in [0.15, 0.2) is 35.3 Å². The minimum Gasteiger partial charge on any atom is -0.300 e. The summed E-state index contributed by atoms with van der Waals surface area (Å²) in [6.45, 7) is 3.54. The molecule has 0 N–H and O–H groups in total. The first-order valence-corrected chi connectivity index (χ1v) is 6.51. The first kappa shape index (κ1) is 11.0. The molecule has 0 radical (unpaired) electrons. The van der Waals surface area contributed by atoms with E-state index in [2.05, 4.69) is 46.4 Å². The van der Waals surface area contributed by atoms with Crippen LogP contribution in [0.5, 0.6) is 0 Å². The summed E-state index contributed by atoms with van der Waals surface area (Å²) in [5.74, 6) is 0.691. The van der Waals surface area contributed by atoms with Crippen LogP contribution in [-0.2, 0) is 6.54 Å². The lowest BCUT2D eigenvalue weighted by Crippen LogP contribution is -2.20. The minimum absolute atomic E-state index is 0.592. The van der Waals surface area contributed by atoms with Crippen molar-refractivity contribution in [2.45, 2.75) is 19.4 Å². The number of rotatable bonds is 3. The number of aliphatic imine (C=N–C) groups is 1. The highest BCUT2D eigenvalue weighted by molar-refractivity contribution is 5.64. The zero-order valence-electron chi connectivity index (χ0n) is 10.5. The molecular formula is C15H20N2. The Morgan fingerprint density at radius 2 is 2.12 bits per heavy atom. The van der Waals surface area contributed by atoms with Gasteiger partial charge in [0, 0.05) is 38.8 Å². The van der Waals surface area contributed by atoms with Gasteiger partial charge in [-0.15, -0.1) is 0 Å². The van der Waals surface area contributed by atoms with Crippen molar-refractivity contribution in [2.24, 2.45) is 16.3 Å². The molecule has 1 aromatic rings. The molecule has 1 aliphatic carbocycles. The Morgan fingerprint density at radius 1 is 1.35 bits per heavy atom. The van der Waals surface area contributed by atoms with Crippen molar-refractivity contribution in [2.75, 3.05) is 20.1 Å². The second-order valence-corrected chi connectivity index (χ2v) is 5.53. The molecule has 2 aliphatic rings. The van der Waals surface area contributed by atoms with Crippen molar-refractivity contribution in [3.05, 3.63) is 35.9 Å². The monoisotopic (exact) mass is 228 g/mol. The van der Waals surface area contributed by atoms with Gasteiger partial charge in [-0.2, -0.15) is 0 Å². The van der Waals surface area contributed by atoms with Crippen LogP contribution in [0.4, 0.5) is 0 Å². The zero-order chi connectivity index (χ0) is 11.7. The van der Waals surface area contributed by atoms with E-state index in [0.29, 0.717) is 11.3 Å². The van der Waals surface area contributed by atoms with Gasteiger partial charge in [0.2, 0.25) is 0 Å². The van der Waals surface area contributed by atoms with E-state index in [-0.39, 0.29) is 0 Å². The number of hydrogen-bond acceptors (Lipinski definition) is 2. The van der Waals surface area contributed by atoms with Crippen LogP contribution in [-0.4, -0.2) is 31.3 Å². The Labute approximate surface area is 103 Å². The molecule has 1 aromatic carbocycles. The zero-order valence-corrected chi connectivity index (χ0v) is 10.5. The standard InChI is InChI=1S/C15H20N2/c1-16-9-14-11-17(12-15(14)7-8-15)10-13-5-3-2-4-6-13/h2-6,9,14H,7-8,10-12H2,1H3/b16-9-. The summed E-state index contributed by atoms with van der Waals surface area (Å²) >= 11 is 0. The average molecular weight is 228 g/mol. The lowest BCUT2D eigenvalue weighted by Gasteiger charge is -2.15. The third-order valence-electron chi connectivity index (χ3n) is 4.25. The maximum Gasteiger partial charge on any atom is 0.0273 e. The van der Waals surface area contributed by atoms with Gasteiger partial charge < -0.3 is 4.99 Å². The summed E-state index contributed by atoms with van der Waals surface area (Å²) in [5, 5.41) is 0. The van der Waals surface area contributed by atoms with E-state index < -0.39 is 0 Å². The van der Waals surface area contributed by atoms with E-state index in [1.54, 1.807) is 0 Å². The van der Waals surface area contributed by atoms with Crippen molar-refractivity contribution < 1.29 is 0 Å². The van der Waals surface area contributed by atoms with Crippen LogP contribution in [0.1, 0.15) is 18.4 Å². The molecule has 90 valence electrons. The van der Waals surface area contributed by atoms with Gasteiger partial charge >= 0.3 is 0 Å². The molecule has 0 amide bonds. The van der Waals surface area contributed by atoms with E-state index in [9.17, 15) is 0 Å². The largest absolute Gasteiger partial charge is 0.300 e. The van der Waals surface area contributed by atoms with E-state index in [1.807, 2.05) is 7.05 Å². The van der Waals surface area contributed by atoms with Gasteiger partial charge in [-0.1, -0.05) is 30.3 Å². The SMILES string of the molecule is C/N=C\C1CN(Cc2ccccc2)CC12CC2. The van der Waals surface area contributed by atoms with Crippen LogP contribution in [0.25, 0.3) is 0 Å². The predicted molar refractivity (Wildman–Crippen MR) is 71.3 cm³/mol. The Bertz CT molecular complexity index is 406. The van der Waals surface area contributed by atoms with Crippen molar-refractivity contribution >= 4 is 6.21 Å². The van der Waals surface area contributed by atoms with Gasteiger partial charge in [0.1, 0.15) is 0 Å². The second kappa shape index (κ2) is 4.26. The highest BCUT2D eigenvalue weighted by Gasteiger charge is 2.53.